The number of hydrogen-bond donors (Lipinski definition) is 0. The molecule has 0 N–H and O–H groups in total. The molecule has 0 heterocycles. The summed E-state index contributed by atoms with van der Waals surface area (Å²) in [6, 6.07) is 12.5. The zero-order valence-electron chi connectivity index (χ0n) is 14.0. The van der Waals surface area contributed by atoms with Crippen molar-refractivity contribution in [3.05, 3.63) is 54.1 Å². The molecule has 0 radical (unpaired) electrons. The summed E-state index contributed by atoms with van der Waals surface area (Å²) in [4.78, 5) is -0.00992. The third-order valence-electron chi connectivity index (χ3n) is 3.51. The van der Waals surface area contributed by atoms with Crippen molar-refractivity contribution >= 4 is 20.0 Å². The molecule has 136 valence electrons. The van der Waals surface area contributed by atoms with Crippen molar-refractivity contribution in [1.29, 1.82) is 0 Å². The van der Waals surface area contributed by atoms with Crippen LogP contribution < -0.4 is 8.92 Å². The summed E-state index contributed by atoms with van der Waals surface area (Å²) >= 11 is 0. The van der Waals surface area contributed by atoms with Crippen molar-refractivity contribution in [1.82, 2.24) is 0 Å². The SMILES string of the molecule is CCS(=O)(=O)CCOc1ccc(S(=O)(=O)Oc2ccccc2C)cc1. The molecule has 8 heteroatoms. The molecule has 2 aromatic rings. The van der Waals surface area contributed by atoms with Crippen molar-refractivity contribution in [2.45, 2.75) is 18.7 Å². The van der Waals surface area contributed by atoms with Crippen LogP contribution in [0, 0.1) is 6.92 Å². The predicted octanol–water partition coefficient (Wildman–Crippen LogP) is 2.58. The van der Waals surface area contributed by atoms with Crippen LogP contribution in [0.2, 0.25) is 0 Å². The Morgan fingerprint density at radius 1 is 0.920 bits per heavy atom. The molecular weight excluding hydrogens is 364 g/mol. The lowest BCUT2D eigenvalue weighted by molar-refractivity contribution is 0.340. The molecule has 0 atom stereocenters. The van der Waals surface area contributed by atoms with E-state index in [2.05, 4.69) is 0 Å². The minimum atomic E-state index is -3.95. The summed E-state index contributed by atoms with van der Waals surface area (Å²) in [5.41, 5.74) is 0.711. The normalized spacial score (nSPS) is 11.9. The van der Waals surface area contributed by atoms with Gasteiger partial charge in [-0.1, -0.05) is 25.1 Å². The van der Waals surface area contributed by atoms with Crippen molar-refractivity contribution in [3.63, 3.8) is 0 Å². The molecule has 6 nitrogen and oxygen atoms in total. The van der Waals surface area contributed by atoms with Crippen LogP contribution in [0.25, 0.3) is 0 Å². The maximum atomic E-state index is 12.3. The number of sulfone groups is 1. The number of hydrogen-bond acceptors (Lipinski definition) is 6. The van der Waals surface area contributed by atoms with Crippen LogP contribution in [0.1, 0.15) is 12.5 Å². The summed E-state index contributed by atoms with van der Waals surface area (Å²) in [6.45, 7) is 3.34. The second-order valence-electron chi connectivity index (χ2n) is 5.36. The second-order valence-corrected chi connectivity index (χ2v) is 9.38. The van der Waals surface area contributed by atoms with Gasteiger partial charge >= 0.3 is 10.1 Å². The maximum absolute atomic E-state index is 12.3. The summed E-state index contributed by atoms with van der Waals surface area (Å²) in [7, 11) is -7.05. The van der Waals surface area contributed by atoms with Crippen LogP contribution >= 0.6 is 0 Å². The minimum absolute atomic E-state index is 0.00992. The molecule has 0 aliphatic heterocycles. The number of ether oxygens (including phenoxy) is 1. The Bertz CT molecular complexity index is 916. The van der Waals surface area contributed by atoms with Crippen LogP contribution in [-0.2, 0) is 20.0 Å². The van der Waals surface area contributed by atoms with E-state index in [0.717, 1.165) is 0 Å². The first kappa shape index (κ1) is 19.3. The van der Waals surface area contributed by atoms with Crippen LogP contribution in [0.4, 0.5) is 0 Å². The molecule has 0 fully saturated rings. The van der Waals surface area contributed by atoms with E-state index in [1.807, 2.05) is 0 Å². The highest BCUT2D eigenvalue weighted by molar-refractivity contribution is 7.91. The monoisotopic (exact) mass is 384 g/mol. The van der Waals surface area contributed by atoms with E-state index in [1.54, 1.807) is 38.1 Å². The lowest BCUT2D eigenvalue weighted by Crippen LogP contribution is -2.15. The molecule has 0 aliphatic carbocycles. The van der Waals surface area contributed by atoms with Gasteiger partial charge in [0.1, 0.15) is 23.0 Å². The summed E-state index contributed by atoms with van der Waals surface area (Å²) in [6.07, 6.45) is 0. The quantitative estimate of drug-likeness (QED) is 0.650. The Morgan fingerprint density at radius 2 is 1.56 bits per heavy atom. The van der Waals surface area contributed by atoms with Crippen LogP contribution in [0.15, 0.2) is 53.4 Å². The molecule has 0 saturated heterocycles. The fourth-order valence-corrected chi connectivity index (χ4v) is 3.56. The molecule has 0 aliphatic rings. The smallest absolute Gasteiger partial charge is 0.339 e. The van der Waals surface area contributed by atoms with E-state index in [0.29, 0.717) is 11.3 Å². The average Bonchev–Trinajstić information content (AvgIpc) is 2.57. The maximum Gasteiger partial charge on any atom is 0.339 e. The van der Waals surface area contributed by atoms with Gasteiger partial charge in [0.15, 0.2) is 9.84 Å². The van der Waals surface area contributed by atoms with E-state index in [4.69, 9.17) is 8.92 Å². The molecule has 2 aromatic carbocycles. The zero-order chi connectivity index (χ0) is 18.5. The Morgan fingerprint density at radius 3 is 2.16 bits per heavy atom. The molecule has 0 bridgehead atoms. The number of para-hydroxylation sites is 1. The van der Waals surface area contributed by atoms with Crippen LogP contribution in [-0.4, -0.2) is 34.9 Å². The molecule has 0 saturated carbocycles. The third-order valence-corrected chi connectivity index (χ3v) is 6.43. The first-order valence-corrected chi connectivity index (χ1v) is 10.9. The Labute approximate surface area is 148 Å². The summed E-state index contributed by atoms with van der Waals surface area (Å²) in [5.74, 6) is 0.637. The van der Waals surface area contributed by atoms with Gasteiger partial charge in [-0.3, -0.25) is 0 Å². The number of aryl methyl sites for hydroxylation is 1. The first-order valence-electron chi connectivity index (χ1n) is 7.67. The molecule has 2 rings (SSSR count). The fourth-order valence-electron chi connectivity index (χ4n) is 1.95. The van der Waals surface area contributed by atoms with Gasteiger partial charge in [-0.05, 0) is 42.8 Å². The van der Waals surface area contributed by atoms with Crippen LogP contribution in [0.3, 0.4) is 0 Å². The topological polar surface area (TPSA) is 86.7 Å². The second kappa shape index (κ2) is 7.88. The van der Waals surface area contributed by atoms with E-state index < -0.39 is 20.0 Å². The van der Waals surface area contributed by atoms with Crippen molar-refractivity contribution in [3.8, 4) is 11.5 Å². The fraction of sp³-hybridized carbons (Fsp3) is 0.294. The predicted molar refractivity (Wildman–Crippen MR) is 95.3 cm³/mol. The van der Waals surface area contributed by atoms with Crippen LogP contribution in [0.5, 0.6) is 11.5 Å². The van der Waals surface area contributed by atoms with Gasteiger partial charge in [0.05, 0.1) is 5.75 Å². The van der Waals surface area contributed by atoms with E-state index in [-0.39, 0.29) is 28.8 Å². The molecule has 25 heavy (non-hydrogen) atoms. The Hall–Kier alpha value is -2.06. The molecule has 0 amide bonds. The zero-order valence-corrected chi connectivity index (χ0v) is 15.6. The van der Waals surface area contributed by atoms with Crippen molar-refractivity contribution in [2.24, 2.45) is 0 Å². The molecular formula is C17H20O6S2. The van der Waals surface area contributed by atoms with E-state index >= 15 is 0 Å². The van der Waals surface area contributed by atoms with Crippen molar-refractivity contribution < 1.29 is 25.8 Å². The van der Waals surface area contributed by atoms with Gasteiger partial charge < -0.3 is 8.92 Å². The number of rotatable bonds is 8. The van der Waals surface area contributed by atoms with Gasteiger partial charge in [0, 0.05) is 5.75 Å². The summed E-state index contributed by atoms with van der Waals surface area (Å²) < 4.78 is 57.9. The standard InChI is InChI=1S/C17H20O6S2/c1-3-24(18,19)13-12-22-15-8-10-16(11-9-15)25(20,21)23-17-7-5-4-6-14(17)2/h4-11H,3,12-13H2,1-2H3. The third kappa shape index (κ3) is 5.47. The average molecular weight is 384 g/mol. The van der Waals surface area contributed by atoms with Gasteiger partial charge in [0.25, 0.3) is 0 Å². The number of benzene rings is 2. The first-order chi connectivity index (χ1) is 11.7. The Kier molecular flexibility index (Phi) is 6.07. The highest BCUT2D eigenvalue weighted by Crippen LogP contribution is 2.23. The minimum Gasteiger partial charge on any atom is -0.493 e. The highest BCUT2D eigenvalue weighted by atomic mass is 32.2. The lowest BCUT2D eigenvalue weighted by atomic mass is 10.2. The van der Waals surface area contributed by atoms with Gasteiger partial charge in [0.2, 0.25) is 0 Å². The van der Waals surface area contributed by atoms with Gasteiger partial charge in [-0.15, -0.1) is 0 Å². The Balaban J connectivity index is 2.05. The van der Waals surface area contributed by atoms with Crippen molar-refractivity contribution in [2.75, 3.05) is 18.1 Å². The van der Waals surface area contributed by atoms with E-state index in [9.17, 15) is 16.8 Å². The molecule has 0 spiro atoms. The summed E-state index contributed by atoms with van der Waals surface area (Å²) in [5, 5.41) is 0. The largest absolute Gasteiger partial charge is 0.493 e. The molecule has 0 aromatic heterocycles. The van der Waals surface area contributed by atoms with Gasteiger partial charge in [-0.2, -0.15) is 8.42 Å². The van der Waals surface area contributed by atoms with E-state index in [1.165, 1.54) is 24.3 Å². The highest BCUT2D eigenvalue weighted by Gasteiger charge is 2.17. The lowest BCUT2D eigenvalue weighted by Gasteiger charge is -2.10. The molecule has 0 unspecified atom stereocenters. The van der Waals surface area contributed by atoms with Gasteiger partial charge in [-0.25, -0.2) is 8.42 Å².